The van der Waals surface area contributed by atoms with Crippen molar-refractivity contribution in [2.24, 2.45) is 5.92 Å². The van der Waals surface area contributed by atoms with Gasteiger partial charge in [0.05, 0.1) is 12.2 Å². The van der Waals surface area contributed by atoms with Crippen LogP contribution in [-0.4, -0.2) is 48.6 Å². The van der Waals surface area contributed by atoms with Crippen LogP contribution in [0.25, 0.3) is 11.1 Å². The van der Waals surface area contributed by atoms with E-state index in [1.165, 1.54) is 17.7 Å². The van der Waals surface area contributed by atoms with E-state index in [4.69, 9.17) is 0 Å². The molecule has 0 unspecified atom stereocenters. The Morgan fingerprint density at radius 1 is 0.950 bits per heavy atom. The van der Waals surface area contributed by atoms with Gasteiger partial charge in [0, 0.05) is 19.6 Å². The van der Waals surface area contributed by atoms with E-state index in [0.717, 1.165) is 65.9 Å². The number of hydrogen-bond donors (Lipinski definition) is 1. The summed E-state index contributed by atoms with van der Waals surface area (Å²) in [6, 6.07) is 19.5. The number of fused-ring (bicyclic) bond motifs is 1. The highest BCUT2D eigenvalue weighted by Crippen LogP contribution is 2.41. The summed E-state index contributed by atoms with van der Waals surface area (Å²) in [5.41, 5.74) is 7.04. The van der Waals surface area contributed by atoms with Crippen LogP contribution in [0, 0.1) is 5.92 Å². The fourth-order valence-electron chi connectivity index (χ4n) is 5.81. The number of halogens is 4. The molecule has 1 aliphatic carbocycles. The molecule has 0 saturated carbocycles. The number of aromatic carboxylic acids is 1. The topological polar surface area (TPSA) is 49.8 Å². The lowest BCUT2D eigenvalue weighted by Crippen LogP contribution is -2.47. The first-order valence-electron chi connectivity index (χ1n) is 13.5. The van der Waals surface area contributed by atoms with Gasteiger partial charge in [0.2, 0.25) is 0 Å². The van der Waals surface area contributed by atoms with Gasteiger partial charge in [0.1, 0.15) is 5.75 Å². The van der Waals surface area contributed by atoms with Gasteiger partial charge in [-0.2, -0.15) is 0 Å². The number of aryl methyl sites for hydroxylation is 1. The lowest BCUT2D eigenvalue weighted by Gasteiger charge is -2.39. The molecule has 0 aromatic heterocycles. The highest BCUT2D eigenvalue weighted by molar-refractivity contribution is 6.00. The van der Waals surface area contributed by atoms with Crippen molar-refractivity contribution in [2.75, 3.05) is 26.3 Å². The summed E-state index contributed by atoms with van der Waals surface area (Å²) < 4.78 is 54.6. The molecule has 0 bridgehead atoms. The molecule has 8 heteroatoms. The number of rotatable bonds is 9. The predicted octanol–water partition coefficient (Wildman–Crippen LogP) is 7.41. The van der Waals surface area contributed by atoms with Crippen molar-refractivity contribution >= 4 is 17.1 Å². The Balaban J connectivity index is 1.48. The Bertz CT molecular complexity index is 1370. The van der Waals surface area contributed by atoms with E-state index in [9.17, 15) is 27.5 Å². The van der Waals surface area contributed by atoms with Crippen LogP contribution in [0.2, 0.25) is 0 Å². The number of ether oxygens (including phenoxy) is 1. The monoisotopic (exact) mass is 553 g/mol. The number of benzene rings is 3. The first-order chi connectivity index (χ1) is 19.2. The zero-order valence-electron chi connectivity index (χ0n) is 22.0. The third-order valence-corrected chi connectivity index (χ3v) is 7.64. The summed E-state index contributed by atoms with van der Waals surface area (Å²) in [5.74, 6) is -0.713. The number of carboxylic acids is 1. The van der Waals surface area contributed by atoms with E-state index < -0.39 is 12.3 Å². The number of likely N-dealkylation sites (tertiary alicyclic amines) is 1. The van der Waals surface area contributed by atoms with Crippen LogP contribution in [0.1, 0.15) is 57.4 Å². The number of nitrogens with zero attached hydrogens (tertiary/aromatic N) is 1. The van der Waals surface area contributed by atoms with Crippen molar-refractivity contribution in [1.29, 1.82) is 0 Å². The molecular formula is C32H31F4NO3. The van der Waals surface area contributed by atoms with Gasteiger partial charge < -0.3 is 14.7 Å². The molecule has 1 fully saturated rings. The molecule has 4 nitrogen and oxygen atoms in total. The number of alkyl halides is 4. The molecule has 1 heterocycles. The van der Waals surface area contributed by atoms with Crippen LogP contribution in [0.5, 0.6) is 5.75 Å². The second-order valence-electron chi connectivity index (χ2n) is 10.5. The highest BCUT2D eigenvalue weighted by Gasteiger charge is 2.31. The maximum atomic E-state index is 12.7. The SMILES string of the molecule is O=C(O)c1ccc2c(c1)CCCC(c1ccc(OC(F)(F)F)cc1)=C2c1ccc(CC2CN(CCCF)C2)cc1. The number of carbonyl (C=O) groups is 1. The molecule has 3 aromatic carbocycles. The zero-order chi connectivity index (χ0) is 28.3. The molecule has 1 aliphatic heterocycles. The second kappa shape index (κ2) is 11.8. The van der Waals surface area contributed by atoms with E-state index in [-0.39, 0.29) is 18.0 Å². The molecule has 3 aromatic rings. The quantitative estimate of drug-likeness (QED) is 0.280. The summed E-state index contributed by atoms with van der Waals surface area (Å²) in [4.78, 5) is 13.9. The van der Waals surface area contributed by atoms with Gasteiger partial charge in [0.15, 0.2) is 0 Å². The first-order valence-corrected chi connectivity index (χ1v) is 13.5. The zero-order valence-corrected chi connectivity index (χ0v) is 22.0. The average molecular weight is 554 g/mol. The molecule has 2 aliphatic rings. The Hall–Kier alpha value is -3.65. The van der Waals surface area contributed by atoms with Crippen molar-refractivity contribution in [3.05, 3.63) is 100 Å². The summed E-state index contributed by atoms with van der Waals surface area (Å²) in [6.07, 6.45) is -1.09. The molecule has 40 heavy (non-hydrogen) atoms. The minimum absolute atomic E-state index is 0.228. The molecule has 0 amide bonds. The summed E-state index contributed by atoms with van der Waals surface area (Å²) in [5, 5.41) is 9.54. The largest absolute Gasteiger partial charge is 0.573 e. The van der Waals surface area contributed by atoms with Crippen LogP contribution < -0.4 is 4.74 Å². The summed E-state index contributed by atoms with van der Waals surface area (Å²) in [6.45, 7) is 2.47. The lowest BCUT2D eigenvalue weighted by molar-refractivity contribution is -0.274. The molecular weight excluding hydrogens is 522 g/mol. The fraction of sp³-hybridized carbons (Fsp3) is 0.344. The highest BCUT2D eigenvalue weighted by atomic mass is 19.4. The lowest BCUT2D eigenvalue weighted by atomic mass is 9.86. The third-order valence-electron chi connectivity index (χ3n) is 7.64. The predicted molar refractivity (Wildman–Crippen MR) is 146 cm³/mol. The standard InChI is InChI=1S/C32H31F4NO3/c33-15-2-16-37-19-22(20-37)17-21-5-7-24(8-6-21)30-28(23-9-12-27(13-10-23)40-32(34,35)36)4-1-3-25-18-26(31(38)39)11-14-29(25)30/h5-14,18,22H,1-4,15-17,19-20H2,(H,38,39). The average Bonchev–Trinajstić information content (AvgIpc) is 3.09. The van der Waals surface area contributed by atoms with Gasteiger partial charge in [-0.1, -0.05) is 42.5 Å². The van der Waals surface area contributed by atoms with Gasteiger partial charge in [-0.15, -0.1) is 13.2 Å². The maximum Gasteiger partial charge on any atom is 0.573 e. The van der Waals surface area contributed by atoms with E-state index in [0.29, 0.717) is 25.2 Å². The Labute approximate surface area is 230 Å². The normalized spacial score (nSPS) is 16.3. The molecule has 1 saturated heterocycles. The summed E-state index contributed by atoms with van der Waals surface area (Å²) >= 11 is 0. The molecule has 0 spiro atoms. The second-order valence-corrected chi connectivity index (χ2v) is 10.5. The van der Waals surface area contributed by atoms with E-state index in [2.05, 4.69) is 33.9 Å². The Morgan fingerprint density at radius 3 is 2.30 bits per heavy atom. The third kappa shape index (κ3) is 6.55. The maximum absolute atomic E-state index is 12.7. The van der Waals surface area contributed by atoms with Crippen molar-refractivity contribution in [3.63, 3.8) is 0 Å². The van der Waals surface area contributed by atoms with Crippen LogP contribution in [-0.2, 0) is 12.8 Å². The van der Waals surface area contributed by atoms with Crippen molar-refractivity contribution in [3.8, 4) is 5.75 Å². The van der Waals surface area contributed by atoms with Gasteiger partial charge in [-0.05, 0) is 101 Å². The number of carboxylic acid groups (broad SMARTS) is 1. The van der Waals surface area contributed by atoms with Gasteiger partial charge in [0.25, 0.3) is 0 Å². The van der Waals surface area contributed by atoms with Crippen LogP contribution in [0.15, 0.2) is 66.7 Å². The van der Waals surface area contributed by atoms with Crippen molar-refractivity contribution in [2.45, 2.75) is 38.5 Å². The Kier molecular flexibility index (Phi) is 8.26. The van der Waals surface area contributed by atoms with Crippen molar-refractivity contribution < 1.29 is 32.2 Å². The number of hydrogen-bond acceptors (Lipinski definition) is 3. The van der Waals surface area contributed by atoms with Gasteiger partial charge in [-0.3, -0.25) is 4.39 Å². The van der Waals surface area contributed by atoms with Crippen LogP contribution in [0.3, 0.4) is 0 Å². The van der Waals surface area contributed by atoms with Gasteiger partial charge >= 0.3 is 12.3 Å². The smallest absolute Gasteiger partial charge is 0.478 e. The molecule has 1 N–H and O–H groups in total. The molecule has 5 rings (SSSR count). The molecule has 0 atom stereocenters. The van der Waals surface area contributed by atoms with E-state index in [1.807, 2.05) is 6.07 Å². The Morgan fingerprint density at radius 2 is 1.65 bits per heavy atom. The van der Waals surface area contributed by atoms with E-state index in [1.54, 1.807) is 24.3 Å². The first kappa shape index (κ1) is 27.9. The molecule has 210 valence electrons. The molecule has 0 radical (unpaired) electrons. The van der Waals surface area contributed by atoms with E-state index >= 15 is 0 Å². The van der Waals surface area contributed by atoms with Crippen LogP contribution >= 0.6 is 0 Å². The van der Waals surface area contributed by atoms with Gasteiger partial charge in [-0.25, -0.2) is 4.79 Å². The number of allylic oxidation sites excluding steroid dienone is 1. The summed E-state index contributed by atoms with van der Waals surface area (Å²) in [7, 11) is 0. The minimum atomic E-state index is -4.76. The van der Waals surface area contributed by atoms with Crippen molar-refractivity contribution in [1.82, 2.24) is 4.90 Å². The fourth-order valence-corrected chi connectivity index (χ4v) is 5.81. The van der Waals surface area contributed by atoms with Crippen LogP contribution in [0.4, 0.5) is 17.6 Å². The minimum Gasteiger partial charge on any atom is -0.478 e.